The Morgan fingerprint density at radius 1 is 1.33 bits per heavy atom. The number of hydrazine groups is 1. The molecule has 0 spiro atoms. The lowest BCUT2D eigenvalue weighted by Crippen LogP contribution is -2.38. The number of alkyl halides is 1. The Balaban J connectivity index is 2.51. The smallest absolute Gasteiger partial charge is 0.0966 e. The van der Waals surface area contributed by atoms with Crippen molar-refractivity contribution >= 4 is 45.5 Å². The summed E-state index contributed by atoms with van der Waals surface area (Å²) in [5.41, 5.74) is 0. The van der Waals surface area contributed by atoms with Crippen molar-refractivity contribution in [2.24, 2.45) is 5.84 Å². The molecule has 9 heavy (non-hydrogen) atoms. The van der Waals surface area contributed by atoms with Gasteiger partial charge in [0, 0.05) is 22.9 Å². The first-order valence-corrected chi connectivity index (χ1v) is 5.09. The van der Waals surface area contributed by atoms with E-state index in [9.17, 15) is 0 Å². The normalized spacial score (nSPS) is 25.3. The first-order chi connectivity index (χ1) is 4.15. The molecule has 2 N–H and O–H groups in total. The van der Waals surface area contributed by atoms with Gasteiger partial charge in [-0.2, -0.15) is 3.22 Å². The van der Waals surface area contributed by atoms with Crippen molar-refractivity contribution in [3.63, 3.8) is 0 Å². The predicted molar refractivity (Wildman–Crippen MR) is 55.3 cm³/mol. The van der Waals surface area contributed by atoms with Crippen LogP contribution in [0.3, 0.4) is 0 Å². The standard InChI is InChI=1S/C5H10I2N2/c6-5(9(7)8)3-1-2-4-5/h1-4,8H2. The molecule has 0 bridgehead atoms. The Morgan fingerprint density at radius 2 is 1.78 bits per heavy atom. The molecule has 1 fully saturated rings. The summed E-state index contributed by atoms with van der Waals surface area (Å²) in [6.45, 7) is 0. The molecule has 1 aliphatic carbocycles. The number of hydrogen-bond acceptors (Lipinski definition) is 2. The molecule has 1 saturated carbocycles. The minimum atomic E-state index is 0.262. The van der Waals surface area contributed by atoms with Crippen molar-refractivity contribution < 1.29 is 0 Å². The van der Waals surface area contributed by atoms with Gasteiger partial charge >= 0.3 is 0 Å². The van der Waals surface area contributed by atoms with Crippen molar-refractivity contribution in [2.45, 2.75) is 29.2 Å². The third kappa shape index (κ3) is 1.90. The SMILES string of the molecule is NN(I)C1(I)CCCC1. The van der Waals surface area contributed by atoms with E-state index in [1.165, 1.54) is 25.7 Å². The minimum absolute atomic E-state index is 0.262. The molecular formula is C5H10I2N2. The van der Waals surface area contributed by atoms with Crippen molar-refractivity contribution in [2.75, 3.05) is 0 Å². The van der Waals surface area contributed by atoms with E-state index >= 15 is 0 Å². The van der Waals surface area contributed by atoms with E-state index in [1.807, 2.05) is 3.22 Å². The van der Waals surface area contributed by atoms with Gasteiger partial charge in [0.15, 0.2) is 0 Å². The summed E-state index contributed by atoms with van der Waals surface area (Å²) in [5.74, 6) is 5.64. The van der Waals surface area contributed by atoms with Crippen molar-refractivity contribution in [1.82, 2.24) is 3.22 Å². The fourth-order valence-corrected chi connectivity index (χ4v) is 2.38. The van der Waals surface area contributed by atoms with E-state index in [4.69, 9.17) is 5.84 Å². The zero-order chi connectivity index (χ0) is 6.91. The topological polar surface area (TPSA) is 29.3 Å². The Hall–Kier alpha value is 1.38. The van der Waals surface area contributed by atoms with E-state index in [0.29, 0.717) is 0 Å². The summed E-state index contributed by atoms with van der Waals surface area (Å²) in [5, 5.41) is 0. The fourth-order valence-electron chi connectivity index (χ4n) is 1.13. The van der Waals surface area contributed by atoms with Crippen molar-refractivity contribution in [1.29, 1.82) is 0 Å². The van der Waals surface area contributed by atoms with Gasteiger partial charge in [0.2, 0.25) is 0 Å². The summed E-state index contributed by atoms with van der Waals surface area (Å²) in [4.78, 5) is 0. The molecule has 0 radical (unpaired) electrons. The molecule has 0 saturated heterocycles. The molecule has 4 heteroatoms. The fraction of sp³-hybridized carbons (Fsp3) is 1.00. The molecule has 0 aromatic rings. The molecule has 0 unspecified atom stereocenters. The lowest BCUT2D eigenvalue weighted by Gasteiger charge is -2.26. The quantitative estimate of drug-likeness (QED) is 0.196. The van der Waals surface area contributed by atoms with Gasteiger partial charge in [-0.3, -0.25) is 5.84 Å². The highest BCUT2D eigenvalue weighted by atomic mass is 127. The van der Waals surface area contributed by atoms with Crippen molar-refractivity contribution in [3.8, 4) is 0 Å². The van der Waals surface area contributed by atoms with Crippen LogP contribution < -0.4 is 5.84 Å². The summed E-state index contributed by atoms with van der Waals surface area (Å²) < 4.78 is 2.08. The van der Waals surface area contributed by atoms with Crippen LogP contribution in [0.15, 0.2) is 0 Å². The van der Waals surface area contributed by atoms with E-state index in [1.54, 1.807) is 0 Å². The third-order valence-electron chi connectivity index (χ3n) is 1.75. The van der Waals surface area contributed by atoms with E-state index in [-0.39, 0.29) is 3.55 Å². The van der Waals surface area contributed by atoms with Crippen LogP contribution >= 0.6 is 45.5 Å². The molecule has 1 rings (SSSR count). The van der Waals surface area contributed by atoms with Gasteiger partial charge in [0.1, 0.15) is 0 Å². The van der Waals surface area contributed by atoms with Crippen LogP contribution in [0.1, 0.15) is 25.7 Å². The second-order valence-corrected chi connectivity index (χ2v) is 5.48. The van der Waals surface area contributed by atoms with E-state index < -0.39 is 0 Å². The second kappa shape index (κ2) is 3.19. The highest BCUT2D eigenvalue weighted by Crippen LogP contribution is 2.40. The molecule has 0 aliphatic heterocycles. The van der Waals surface area contributed by atoms with Gasteiger partial charge in [-0.25, -0.2) is 0 Å². The minimum Gasteiger partial charge on any atom is -0.258 e. The molecule has 0 atom stereocenters. The number of rotatable bonds is 1. The maximum absolute atomic E-state index is 5.64. The molecule has 54 valence electrons. The second-order valence-electron chi connectivity index (χ2n) is 2.44. The van der Waals surface area contributed by atoms with Crippen LogP contribution in [0.2, 0.25) is 0 Å². The number of nitrogens with two attached hydrogens (primary N) is 1. The van der Waals surface area contributed by atoms with E-state index in [0.717, 1.165) is 0 Å². The highest BCUT2D eigenvalue weighted by Gasteiger charge is 2.34. The predicted octanol–water partition coefficient (Wildman–Crippen LogP) is 2.22. The Bertz CT molecular complexity index is 99.1. The molecule has 0 amide bonds. The van der Waals surface area contributed by atoms with E-state index in [2.05, 4.69) is 45.5 Å². The highest BCUT2D eigenvalue weighted by molar-refractivity contribution is 14.1. The first-order valence-electron chi connectivity index (χ1n) is 3.05. The lowest BCUT2D eigenvalue weighted by molar-refractivity contribution is 0.380. The Labute approximate surface area is 83.1 Å². The average molecular weight is 352 g/mol. The molecule has 2 nitrogen and oxygen atoms in total. The molecule has 1 aliphatic rings. The van der Waals surface area contributed by atoms with Gasteiger partial charge in [0.05, 0.1) is 3.55 Å². The van der Waals surface area contributed by atoms with Gasteiger partial charge in [-0.1, -0.05) is 35.4 Å². The zero-order valence-electron chi connectivity index (χ0n) is 5.11. The van der Waals surface area contributed by atoms with Crippen LogP contribution in [0, 0.1) is 0 Å². The summed E-state index contributed by atoms with van der Waals surface area (Å²) >= 11 is 4.61. The number of halogens is 2. The van der Waals surface area contributed by atoms with Crippen LogP contribution in [-0.4, -0.2) is 6.77 Å². The zero-order valence-corrected chi connectivity index (χ0v) is 9.42. The monoisotopic (exact) mass is 352 g/mol. The first kappa shape index (κ1) is 8.48. The van der Waals surface area contributed by atoms with Gasteiger partial charge in [0.25, 0.3) is 0 Å². The Morgan fingerprint density at radius 3 is 2.00 bits per heavy atom. The van der Waals surface area contributed by atoms with Crippen molar-refractivity contribution in [3.05, 3.63) is 0 Å². The van der Waals surface area contributed by atoms with Gasteiger partial charge < -0.3 is 0 Å². The molecule has 0 aromatic carbocycles. The maximum atomic E-state index is 5.64. The number of nitrogens with zero attached hydrogens (tertiary/aromatic N) is 1. The van der Waals surface area contributed by atoms with Crippen LogP contribution in [0.4, 0.5) is 0 Å². The average Bonchev–Trinajstić information content (AvgIpc) is 2.16. The van der Waals surface area contributed by atoms with Crippen LogP contribution in [0.25, 0.3) is 0 Å². The third-order valence-corrected chi connectivity index (χ3v) is 5.20. The maximum Gasteiger partial charge on any atom is 0.0966 e. The number of hydrogen-bond donors (Lipinski definition) is 1. The summed E-state index contributed by atoms with van der Waals surface area (Å²) in [6, 6.07) is 0. The Kier molecular flexibility index (Phi) is 3.00. The lowest BCUT2D eigenvalue weighted by atomic mass is 10.3. The molecule has 0 aromatic heterocycles. The van der Waals surface area contributed by atoms with Gasteiger partial charge in [-0.05, 0) is 12.8 Å². The summed E-state index contributed by atoms with van der Waals surface area (Å²) in [6.07, 6.45) is 5.15. The summed E-state index contributed by atoms with van der Waals surface area (Å²) in [7, 11) is 0. The molecular weight excluding hydrogens is 342 g/mol. The largest absolute Gasteiger partial charge is 0.258 e. The van der Waals surface area contributed by atoms with Crippen LogP contribution in [-0.2, 0) is 0 Å². The van der Waals surface area contributed by atoms with Crippen LogP contribution in [0.5, 0.6) is 0 Å². The molecule has 0 heterocycles. The van der Waals surface area contributed by atoms with Gasteiger partial charge in [-0.15, -0.1) is 0 Å².